The molecule has 1 aromatic carbocycles. The molecule has 3 aromatic rings. The van der Waals surface area contributed by atoms with Gasteiger partial charge in [0.05, 0.1) is 5.02 Å². The van der Waals surface area contributed by atoms with E-state index >= 15 is 0 Å². The number of carbonyl (C=O) groups excluding carboxylic acids is 4. The van der Waals surface area contributed by atoms with Crippen LogP contribution >= 0.6 is 23.4 Å². The summed E-state index contributed by atoms with van der Waals surface area (Å²) in [5.74, 6) is -2.06. The van der Waals surface area contributed by atoms with Crippen LogP contribution in [0.25, 0.3) is 11.3 Å². The molecule has 14 heteroatoms. The number of benzene rings is 1. The van der Waals surface area contributed by atoms with Crippen molar-refractivity contribution < 1.29 is 61.7 Å². The van der Waals surface area contributed by atoms with Gasteiger partial charge < -0.3 is 48.2 Å². The van der Waals surface area contributed by atoms with Crippen molar-refractivity contribution in [3.05, 3.63) is 70.7 Å². The Morgan fingerprint density at radius 3 is 2.63 bits per heavy atom. The Morgan fingerprint density at radius 1 is 1.20 bits per heavy atom. The topological polar surface area (TPSA) is 132 Å². The van der Waals surface area contributed by atoms with Crippen LogP contribution in [0.2, 0.25) is 5.02 Å². The van der Waals surface area contributed by atoms with Gasteiger partial charge in [0, 0.05) is 16.4 Å². The van der Waals surface area contributed by atoms with Gasteiger partial charge in [0.25, 0.3) is 5.91 Å². The molecular formula is C27H26ClIN4O7S. The predicted molar refractivity (Wildman–Crippen MR) is 143 cm³/mol. The van der Waals surface area contributed by atoms with Crippen LogP contribution in [-0.2, 0) is 26.1 Å². The minimum absolute atomic E-state index is 0. The highest BCUT2D eigenvalue weighted by Crippen LogP contribution is 2.51. The first kappa shape index (κ1) is 30.8. The normalized spacial score (nSPS) is 20.4. The largest absolute Gasteiger partial charge is 1.00 e. The zero-order valence-electron chi connectivity index (χ0n) is 22.4. The maximum absolute atomic E-state index is 13.3. The Kier molecular flexibility index (Phi) is 8.99. The van der Waals surface area contributed by atoms with E-state index < -0.39 is 52.8 Å². The number of esters is 2. The summed E-state index contributed by atoms with van der Waals surface area (Å²) in [5, 5.41) is 6.68. The number of amides is 2. The molecule has 0 radical (unpaired) electrons. The van der Waals surface area contributed by atoms with E-state index in [2.05, 4.69) is 10.5 Å². The van der Waals surface area contributed by atoms with Gasteiger partial charge in [-0.3, -0.25) is 9.59 Å². The van der Waals surface area contributed by atoms with E-state index in [9.17, 15) is 19.2 Å². The summed E-state index contributed by atoms with van der Waals surface area (Å²) in [5.41, 5.74) is 1.26. The van der Waals surface area contributed by atoms with Gasteiger partial charge in [-0.1, -0.05) is 35.0 Å². The summed E-state index contributed by atoms with van der Waals surface area (Å²) in [4.78, 5) is 53.2. The van der Waals surface area contributed by atoms with E-state index in [-0.39, 0.29) is 41.0 Å². The molecule has 0 spiro atoms. The van der Waals surface area contributed by atoms with E-state index in [4.69, 9.17) is 25.6 Å². The number of nitrogens with zero attached hydrogens (tertiary/aromatic N) is 3. The number of aryl methyl sites for hydroxylation is 2. The average Bonchev–Trinajstić information content (AvgIpc) is 3.41. The quantitative estimate of drug-likeness (QED) is 0.115. The number of ether oxygens (including phenoxy) is 2. The molecular weight excluding hydrogens is 687 g/mol. The third kappa shape index (κ3) is 5.79. The molecule has 3 atom stereocenters. The smallest absolute Gasteiger partial charge is 0.347 e. The van der Waals surface area contributed by atoms with Gasteiger partial charge in [-0.2, -0.15) is 0 Å². The number of halogens is 2. The first-order chi connectivity index (χ1) is 19.0. The van der Waals surface area contributed by atoms with E-state index in [0.717, 1.165) is 0 Å². The molecule has 2 aromatic heterocycles. The van der Waals surface area contributed by atoms with Crippen molar-refractivity contribution in [1.82, 2.24) is 15.4 Å². The Labute approximate surface area is 261 Å². The van der Waals surface area contributed by atoms with Gasteiger partial charge in [-0.25, -0.2) is 14.2 Å². The average molecular weight is 713 g/mol. The van der Waals surface area contributed by atoms with E-state index in [1.807, 2.05) is 13.8 Å². The molecule has 0 saturated carbocycles. The standard InChI is InChI=1S/C27H25ClN4O7S.HI/c1-14-18(19(30-39-14)16-9-5-6-10-17(16)28)22(33)29-20-23(34)32-21(27(2,3)40-24(20)32)26(36)38-13-37-25(35)15-8-7-11-31(4)12-15;/h5-12,20-21,24H,13H2,1-4H3;1H. The maximum atomic E-state index is 13.3. The molecule has 0 aliphatic carbocycles. The highest BCUT2D eigenvalue weighted by molar-refractivity contribution is 8.01. The number of aromatic nitrogens is 2. The first-order valence-corrected chi connectivity index (χ1v) is 13.6. The fourth-order valence-corrected chi connectivity index (χ4v) is 6.67. The lowest BCUT2D eigenvalue weighted by molar-refractivity contribution is -0.671. The third-order valence-corrected chi connectivity index (χ3v) is 8.64. The van der Waals surface area contributed by atoms with Crippen LogP contribution in [0.4, 0.5) is 0 Å². The summed E-state index contributed by atoms with van der Waals surface area (Å²) >= 11 is 7.67. The van der Waals surface area contributed by atoms with Crippen LogP contribution in [-0.4, -0.2) is 62.8 Å². The van der Waals surface area contributed by atoms with Crippen LogP contribution in [0.1, 0.15) is 40.3 Å². The van der Waals surface area contributed by atoms with Crippen molar-refractivity contribution in [1.29, 1.82) is 0 Å². The molecule has 41 heavy (non-hydrogen) atoms. The number of hydrogen-bond donors (Lipinski definition) is 1. The molecule has 216 valence electrons. The van der Waals surface area contributed by atoms with Gasteiger partial charge in [0.15, 0.2) is 12.4 Å². The number of β-lactam (4-membered cyclic amide) rings is 1. The van der Waals surface area contributed by atoms with Crippen LogP contribution in [0, 0.1) is 6.92 Å². The molecule has 2 saturated heterocycles. The number of rotatable bonds is 7. The van der Waals surface area contributed by atoms with Crippen molar-refractivity contribution in [2.75, 3.05) is 6.79 Å². The fraction of sp³-hybridized carbons (Fsp3) is 0.333. The minimum Gasteiger partial charge on any atom is -1.00 e. The highest BCUT2D eigenvalue weighted by atomic mass is 127. The highest BCUT2D eigenvalue weighted by Gasteiger charge is 2.64. The lowest BCUT2D eigenvalue weighted by atomic mass is 9.95. The van der Waals surface area contributed by atoms with Crippen molar-refractivity contribution in [2.45, 2.75) is 43.0 Å². The van der Waals surface area contributed by atoms with Crippen molar-refractivity contribution in [3.63, 3.8) is 0 Å². The number of nitrogens with one attached hydrogen (secondary N) is 1. The van der Waals surface area contributed by atoms with Gasteiger partial charge in [0.2, 0.25) is 12.7 Å². The first-order valence-electron chi connectivity index (χ1n) is 12.3. The molecule has 5 rings (SSSR count). The number of fused-ring (bicyclic) bond motifs is 1. The second-order valence-corrected chi connectivity index (χ2v) is 12.1. The zero-order chi connectivity index (χ0) is 28.8. The Balaban J connectivity index is 0.00000387. The van der Waals surface area contributed by atoms with E-state index in [1.165, 1.54) is 16.7 Å². The third-order valence-electron chi connectivity index (χ3n) is 6.74. The molecule has 2 aliphatic heterocycles. The monoisotopic (exact) mass is 712 g/mol. The van der Waals surface area contributed by atoms with Crippen molar-refractivity contribution in [3.8, 4) is 11.3 Å². The van der Waals surface area contributed by atoms with E-state index in [1.54, 1.807) is 67.3 Å². The van der Waals surface area contributed by atoms with Gasteiger partial charge in [0.1, 0.15) is 47.1 Å². The predicted octanol–water partition coefficient (Wildman–Crippen LogP) is -0.350. The van der Waals surface area contributed by atoms with Gasteiger partial charge >= 0.3 is 11.9 Å². The second-order valence-electron chi connectivity index (χ2n) is 9.92. The van der Waals surface area contributed by atoms with Crippen molar-refractivity contribution in [2.24, 2.45) is 7.05 Å². The number of pyridine rings is 1. The molecule has 2 amide bonds. The molecule has 11 nitrogen and oxygen atoms in total. The van der Waals surface area contributed by atoms with Gasteiger partial charge in [-0.05, 0) is 32.9 Å². The summed E-state index contributed by atoms with van der Waals surface area (Å²) in [6, 6.07) is 8.37. The molecule has 1 N–H and O–H groups in total. The van der Waals surface area contributed by atoms with Gasteiger partial charge in [-0.15, -0.1) is 11.8 Å². The summed E-state index contributed by atoms with van der Waals surface area (Å²) in [6.45, 7) is 4.62. The maximum Gasteiger partial charge on any atom is 0.347 e. The van der Waals surface area contributed by atoms with Crippen LogP contribution in [0.3, 0.4) is 0 Å². The Bertz CT molecular complexity index is 1530. The summed E-state index contributed by atoms with van der Waals surface area (Å²) < 4.78 is 16.5. The fourth-order valence-electron chi connectivity index (χ4n) is 4.83. The summed E-state index contributed by atoms with van der Waals surface area (Å²) in [6.07, 6.45) is 3.34. The summed E-state index contributed by atoms with van der Waals surface area (Å²) in [7, 11) is 1.76. The second kappa shape index (κ2) is 12.0. The molecule has 0 bridgehead atoms. The minimum atomic E-state index is -0.938. The Morgan fingerprint density at radius 2 is 1.93 bits per heavy atom. The molecule has 2 aliphatic rings. The molecule has 3 unspecified atom stereocenters. The van der Waals surface area contributed by atoms with Crippen LogP contribution in [0.5, 0.6) is 0 Å². The number of carbonyl (C=O) groups is 4. The lowest BCUT2D eigenvalue weighted by Gasteiger charge is -2.43. The Hall–Kier alpha value is -3.17. The van der Waals surface area contributed by atoms with Crippen molar-refractivity contribution >= 4 is 47.1 Å². The lowest BCUT2D eigenvalue weighted by Crippen LogP contribution is -3.00. The van der Waals surface area contributed by atoms with Crippen LogP contribution < -0.4 is 33.9 Å². The van der Waals surface area contributed by atoms with Crippen LogP contribution in [0.15, 0.2) is 53.3 Å². The number of hydrogen-bond acceptors (Lipinski definition) is 9. The zero-order valence-corrected chi connectivity index (χ0v) is 26.2. The molecule has 4 heterocycles. The number of thioether (sulfide) groups is 1. The molecule has 2 fully saturated rings. The SMILES string of the molecule is Cc1onc(-c2ccccc2Cl)c1C(=O)NC1C(=O)N2C1SC(C)(C)C2C(=O)OCOC(=O)c1ccc[n+](C)c1.[I-]. The van der Waals surface area contributed by atoms with E-state index in [0.29, 0.717) is 16.1 Å².